The van der Waals surface area contributed by atoms with E-state index < -0.39 is 5.41 Å². The molecule has 2 spiro atoms. The zero-order chi connectivity index (χ0) is 18.3. The molecule has 3 saturated carbocycles. The van der Waals surface area contributed by atoms with Crippen LogP contribution in [-0.2, 0) is 23.8 Å². The van der Waals surface area contributed by atoms with E-state index >= 15 is 0 Å². The number of cyclic esters (lactones) is 1. The molecule has 5 rings (SSSR count). The first-order valence-corrected chi connectivity index (χ1v) is 10.2. The number of fused-ring (bicyclic) bond motifs is 4. The van der Waals surface area contributed by atoms with E-state index in [-0.39, 0.29) is 46.6 Å². The average Bonchev–Trinajstić information content (AvgIpc) is 3.08. The van der Waals surface area contributed by atoms with Crippen LogP contribution in [0.5, 0.6) is 0 Å². The van der Waals surface area contributed by atoms with Crippen LogP contribution >= 0.6 is 0 Å². The zero-order valence-electron chi connectivity index (χ0n) is 16.1. The largest absolute Gasteiger partial charge is 0.464 e. The molecule has 26 heavy (non-hydrogen) atoms. The molecule has 0 unspecified atom stereocenters. The van der Waals surface area contributed by atoms with Crippen molar-refractivity contribution in [1.82, 2.24) is 0 Å². The number of esters is 1. The third kappa shape index (κ3) is 1.80. The van der Waals surface area contributed by atoms with Crippen molar-refractivity contribution in [3.8, 4) is 0 Å². The van der Waals surface area contributed by atoms with Gasteiger partial charge in [0.15, 0.2) is 12.1 Å². The van der Waals surface area contributed by atoms with E-state index in [0.717, 1.165) is 32.1 Å². The summed E-state index contributed by atoms with van der Waals surface area (Å²) in [5.74, 6) is 0.490. The fourth-order valence-corrected chi connectivity index (χ4v) is 7.85. The lowest BCUT2D eigenvalue weighted by atomic mass is 9.45. The maximum atomic E-state index is 13.3. The molecule has 0 amide bonds. The van der Waals surface area contributed by atoms with Gasteiger partial charge in [-0.3, -0.25) is 9.59 Å². The Morgan fingerprint density at radius 2 is 1.96 bits per heavy atom. The van der Waals surface area contributed by atoms with Gasteiger partial charge in [0.2, 0.25) is 0 Å². The number of carbonyl (C=O) groups excluding carboxylic acids is 2. The molecule has 8 atom stereocenters. The molecule has 144 valence electrons. The molecule has 2 saturated heterocycles. The first kappa shape index (κ1) is 17.2. The van der Waals surface area contributed by atoms with Gasteiger partial charge in [0.25, 0.3) is 0 Å². The van der Waals surface area contributed by atoms with Gasteiger partial charge in [-0.15, -0.1) is 0 Å². The number of methoxy groups -OCH3 is 1. The van der Waals surface area contributed by atoms with Crippen molar-refractivity contribution in [1.29, 1.82) is 0 Å². The van der Waals surface area contributed by atoms with Gasteiger partial charge in [-0.05, 0) is 49.4 Å². The third-order valence-corrected chi connectivity index (χ3v) is 8.94. The highest BCUT2D eigenvalue weighted by atomic mass is 16.7. The van der Waals surface area contributed by atoms with Gasteiger partial charge in [-0.25, -0.2) is 0 Å². The van der Waals surface area contributed by atoms with Crippen molar-refractivity contribution < 1.29 is 23.8 Å². The first-order chi connectivity index (χ1) is 12.4. The maximum Gasteiger partial charge on any atom is 0.319 e. The Kier molecular flexibility index (Phi) is 3.51. The molecule has 2 bridgehead atoms. The standard InChI is InChI=1S/C21H30O5/c1-12-13-5-6-14-20(11-26-18(23)21(14,9-13)16(12)22)8-4-7-19(2)10-25-17(24-3)15(19)20/h12-15,17H,4-11H2,1-3H3/t12-,13+,14-,15+,17+,19-,20+,21-/m0/s1. The molecule has 0 radical (unpaired) electrons. The molecular formula is C21H30O5. The molecule has 0 aromatic carbocycles. The van der Waals surface area contributed by atoms with E-state index in [2.05, 4.69) is 6.92 Å². The number of rotatable bonds is 1. The van der Waals surface area contributed by atoms with Gasteiger partial charge in [-0.2, -0.15) is 0 Å². The lowest BCUT2D eigenvalue weighted by molar-refractivity contribution is -0.228. The van der Waals surface area contributed by atoms with Crippen molar-refractivity contribution in [2.24, 2.45) is 39.9 Å². The molecule has 0 aromatic heterocycles. The maximum absolute atomic E-state index is 13.3. The fourth-order valence-electron chi connectivity index (χ4n) is 7.85. The SMILES string of the molecule is CO[C@@H]1OC[C@]2(C)CCC[C@]3(COC(=O)[C@@]45C[C@@H](CC[C@H]43)[C@H](C)C5=O)[C@H]12. The molecule has 2 aliphatic heterocycles. The minimum atomic E-state index is -0.903. The first-order valence-electron chi connectivity index (χ1n) is 10.2. The summed E-state index contributed by atoms with van der Waals surface area (Å²) in [7, 11) is 1.71. The van der Waals surface area contributed by atoms with Crippen LogP contribution in [0.25, 0.3) is 0 Å². The molecule has 0 N–H and O–H groups in total. The summed E-state index contributed by atoms with van der Waals surface area (Å²) in [5.41, 5.74) is -1.06. The minimum Gasteiger partial charge on any atom is -0.464 e. The van der Waals surface area contributed by atoms with Crippen molar-refractivity contribution in [2.75, 3.05) is 20.3 Å². The molecule has 5 fully saturated rings. The van der Waals surface area contributed by atoms with Gasteiger partial charge in [0.05, 0.1) is 13.2 Å². The second-order valence-electron chi connectivity index (χ2n) is 9.93. The number of hydrogen-bond donors (Lipinski definition) is 0. The van der Waals surface area contributed by atoms with Crippen molar-refractivity contribution in [2.45, 2.75) is 58.7 Å². The van der Waals surface area contributed by atoms with Gasteiger partial charge in [-0.1, -0.05) is 20.3 Å². The summed E-state index contributed by atoms with van der Waals surface area (Å²) in [6.07, 6.45) is 5.66. The monoisotopic (exact) mass is 362 g/mol. The van der Waals surface area contributed by atoms with Crippen molar-refractivity contribution in [3.63, 3.8) is 0 Å². The third-order valence-electron chi connectivity index (χ3n) is 8.94. The van der Waals surface area contributed by atoms with Crippen LogP contribution in [0.3, 0.4) is 0 Å². The number of ketones is 1. The van der Waals surface area contributed by atoms with Crippen LogP contribution in [0.15, 0.2) is 0 Å². The Labute approximate surface area is 155 Å². The molecule has 2 heterocycles. The van der Waals surface area contributed by atoms with E-state index in [1.165, 1.54) is 0 Å². The Hall–Kier alpha value is -0.940. The van der Waals surface area contributed by atoms with Crippen molar-refractivity contribution >= 4 is 11.8 Å². The number of hydrogen-bond acceptors (Lipinski definition) is 5. The van der Waals surface area contributed by atoms with E-state index in [0.29, 0.717) is 25.6 Å². The summed E-state index contributed by atoms with van der Waals surface area (Å²) in [6, 6.07) is 0. The van der Waals surface area contributed by atoms with Crippen LogP contribution < -0.4 is 0 Å². The van der Waals surface area contributed by atoms with E-state index in [4.69, 9.17) is 14.2 Å². The number of ether oxygens (including phenoxy) is 3. The van der Waals surface area contributed by atoms with E-state index in [1.807, 2.05) is 6.92 Å². The topological polar surface area (TPSA) is 61.8 Å². The van der Waals surface area contributed by atoms with Crippen LogP contribution in [0.1, 0.15) is 52.4 Å². The zero-order valence-corrected chi connectivity index (χ0v) is 16.1. The Balaban J connectivity index is 1.65. The second-order valence-corrected chi connectivity index (χ2v) is 9.93. The molecule has 5 heteroatoms. The summed E-state index contributed by atoms with van der Waals surface area (Å²) >= 11 is 0. The van der Waals surface area contributed by atoms with Gasteiger partial charge in [0, 0.05) is 24.4 Å². The molecule has 5 nitrogen and oxygen atoms in total. The summed E-state index contributed by atoms with van der Waals surface area (Å²) in [6.45, 7) is 5.43. The van der Waals surface area contributed by atoms with Crippen LogP contribution in [0.4, 0.5) is 0 Å². The van der Waals surface area contributed by atoms with E-state index in [9.17, 15) is 9.59 Å². The molecule has 5 aliphatic rings. The molecule has 0 aromatic rings. The van der Waals surface area contributed by atoms with Crippen molar-refractivity contribution in [3.05, 3.63) is 0 Å². The second kappa shape index (κ2) is 5.32. The Bertz CT molecular complexity index is 661. The van der Waals surface area contributed by atoms with Gasteiger partial charge in [0.1, 0.15) is 5.41 Å². The summed E-state index contributed by atoms with van der Waals surface area (Å²) in [5, 5.41) is 0. The highest BCUT2D eigenvalue weighted by Crippen LogP contribution is 2.69. The van der Waals surface area contributed by atoms with Crippen LogP contribution in [0.2, 0.25) is 0 Å². The quantitative estimate of drug-likeness (QED) is 0.530. The highest BCUT2D eigenvalue weighted by molar-refractivity contribution is 6.07. The van der Waals surface area contributed by atoms with Gasteiger partial charge < -0.3 is 14.2 Å². The van der Waals surface area contributed by atoms with E-state index in [1.54, 1.807) is 7.11 Å². The minimum absolute atomic E-state index is 0.0178. The Morgan fingerprint density at radius 1 is 1.15 bits per heavy atom. The predicted octanol–water partition coefficient (Wildman–Crippen LogP) is 2.96. The average molecular weight is 362 g/mol. The normalized spacial score (nSPS) is 55.6. The van der Waals surface area contributed by atoms with Crippen LogP contribution in [-0.4, -0.2) is 38.4 Å². The molecule has 3 aliphatic carbocycles. The number of Topliss-reactive ketones (excluding diaryl/α,β-unsaturated/α-hetero) is 1. The summed E-state index contributed by atoms with van der Waals surface area (Å²) in [4.78, 5) is 26.3. The number of carbonyl (C=O) groups is 2. The predicted molar refractivity (Wildman–Crippen MR) is 93.0 cm³/mol. The smallest absolute Gasteiger partial charge is 0.319 e. The highest BCUT2D eigenvalue weighted by Gasteiger charge is 2.74. The Morgan fingerprint density at radius 3 is 2.73 bits per heavy atom. The lowest BCUT2D eigenvalue weighted by Gasteiger charge is -2.60. The lowest BCUT2D eigenvalue weighted by Crippen LogP contribution is -2.64. The summed E-state index contributed by atoms with van der Waals surface area (Å²) < 4.78 is 17.7. The fraction of sp³-hybridized carbons (Fsp3) is 0.905. The molecular weight excluding hydrogens is 332 g/mol. The van der Waals surface area contributed by atoms with Crippen LogP contribution in [0, 0.1) is 39.9 Å². The van der Waals surface area contributed by atoms with Gasteiger partial charge >= 0.3 is 5.97 Å².